The zero-order chi connectivity index (χ0) is 12.3. The van der Waals surface area contributed by atoms with E-state index in [1.165, 1.54) is 6.07 Å². The van der Waals surface area contributed by atoms with Crippen LogP contribution in [0.2, 0.25) is 0 Å². The third-order valence-electron chi connectivity index (χ3n) is 2.59. The van der Waals surface area contributed by atoms with Gasteiger partial charge >= 0.3 is 0 Å². The fourth-order valence-corrected chi connectivity index (χ4v) is 4.12. The van der Waals surface area contributed by atoms with Gasteiger partial charge in [-0.3, -0.25) is 0 Å². The summed E-state index contributed by atoms with van der Waals surface area (Å²) in [6, 6.07) is 3.04. The van der Waals surface area contributed by atoms with Gasteiger partial charge in [0.05, 0.1) is 6.54 Å². The third kappa shape index (κ3) is 3.25. The van der Waals surface area contributed by atoms with Gasteiger partial charge in [-0.15, -0.1) is 0 Å². The van der Waals surface area contributed by atoms with Crippen LogP contribution in [0.5, 0.6) is 0 Å². The molecule has 1 aromatic heterocycles. The average Bonchev–Trinajstić information content (AvgIpc) is 2.79. The lowest BCUT2D eigenvalue weighted by atomic mass is 10.2. The maximum absolute atomic E-state index is 12.0. The van der Waals surface area contributed by atoms with Crippen LogP contribution in [0.4, 0.5) is 0 Å². The first kappa shape index (κ1) is 12.9. The number of sulfonamides is 1. The highest BCUT2D eigenvalue weighted by Crippen LogP contribution is 2.20. The maximum Gasteiger partial charge on any atom is 0.274 e. The minimum Gasteiger partial charge on any atom is -0.447 e. The number of nitrogens with one attached hydrogen (secondary N) is 1. The minimum absolute atomic E-state index is 0.00479. The van der Waals surface area contributed by atoms with Crippen LogP contribution in [-0.2, 0) is 16.6 Å². The lowest BCUT2D eigenvalue weighted by molar-refractivity contribution is 0.409. The van der Waals surface area contributed by atoms with Crippen LogP contribution in [-0.4, -0.2) is 26.0 Å². The van der Waals surface area contributed by atoms with E-state index in [-0.39, 0.29) is 17.7 Å². The number of rotatable bonds is 4. The Morgan fingerprint density at radius 3 is 2.94 bits per heavy atom. The normalized spacial score (nSPS) is 21.6. The Balaban J connectivity index is 2.07. The third-order valence-corrected chi connectivity index (χ3v) is 5.19. The highest BCUT2D eigenvalue weighted by Gasteiger charge is 2.24. The zero-order valence-corrected chi connectivity index (χ0v) is 11.0. The molecule has 1 fully saturated rings. The van der Waals surface area contributed by atoms with Gasteiger partial charge in [-0.25, -0.2) is 13.1 Å². The van der Waals surface area contributed by atoms with Gasteiger partial charge in [-0.1, -0.05) is 0 Å². The lowest BCUT2D eigenvalue weighted by Crippen LogP contribution is -2.38. The Hall–Kier alpha value is -0.500. The molecule has 0 spiro atoms. The summed E-state index contributed by atoms with van der Waals surface area (Å²) >= 11 is 1.77. The van der Waals surface area contributed by atoms with Crippen molar-refractivity contribution in [3.8, 4) is 0 Å². The molecule has 7 heteroatoms. The second kappa shape index (κ2) is 5.43. The van der Waals surface area contributed by atoms with Crippen molar-refractivity contribution in [1.29, 1.82) is 0 Å². The van der Waals surface area contributed by atoms with Crippen molar-refractivity contribution in [1.82, 2.24) is 4.72 Å². The first-order valence-electron chi connectivity index (χ1n) is 5.50. The second-order valence-corrected chi connectivity index (χ2v) is 6.75. The summed E-state index contributed by atoms with van der Waals surface area (Å²) in [5.74, 6) is 2.41. The highest BCUT2D eigenvalue weighted by atomic mass is 32.2. The van der Waals surface area contributed by atoms with Gasteiger partial charge < -0.3 is 10.2 Å². The summed E-state index contributed by atoms with van der Waals surface area (Å²) < 4.78 is 31.8. The molecule has 0 bridgehead atoms. The Morgan fingerprint density at radius 1 is 1.53 bits per heavy atom. The zero-order valence-electron chi connectivity index (χ0n) is 9.39. The molecule has 1 aliphatic rings. The van der Waals surface area contributed by atoms with Crippen LogP contribution >= 0.6 is 11.8 Å². The molecule has 2 heterocycles. The van der Waals surface area contributed by atoms with Crippen LogP contribution in [0, 0.1) is 0 Å². The molecule has 1 aromatic rings. The molecule has 0 amide bonds. The van der Waals surface area contributed by atoms with E-state index in [9.17, 15) is 8.42 Å². The Labute approximate surface area is 105 Å². The van der Waals surface area contributed by atoms with Crippen molar-refractivity contribution in [2.24, 2.45) is 5.73 Å². The first-order chi connectivity index (χ1) is 8.12. The van der Waals surface area contributed by atoms with Gasteiger partial charge in [-0.2, -0.15) is 11.8 Å². The predicted molar refractivity (Wildman–Crippen MR) is 67.3 cm³/mol. The van der Waals surface area contributed by atoms with Crippen LogP contribution in [0.25, 0.3) is 0 Å². The molecule has 96 valence electrons. The molecule has 0 saturated carbocycles. The van der Waals surface area contributed by atoms with Crippen molar-refractivity contribution in [2.45, 2.75) is 30.5 Å². The summed E-state index contributed by atoms with van der Waals surface area (Å²) in [5.41, 5.74) is 5.38. The molecule has 2 rings (SSSR count). The van der Waals surface area contributed by atoms with Crippen LogP contribution in [0.15, 0.2) is 21.6 Å². The number of hydrogen-bond acceptors (Lipinski definition) is 5. The van der Waals surface area contributed by atoms with Crippen molar-refractivity contribution >= 4 is 21.8 Å². The first-order valence-corrected chi connectivity index (χ1v) is 8.14. The number of furan rings is 1. The smallest absolute Gasteiger partial charge is 0.274 e. The lowest BCUT2D eigenvalue weighted by Gasteiger charge is -2.21. The van der Waals surface area contributed by atoms with Crippen molar-refractivity contribution in [2.75, 3.05) is 11.5 Å². The Kier molecular flexibility index (Phi) is 4.13. The number of hydrogen-bond donors (Lipinski definition) is 2. The molecule has 17 heavy (non-hydrogen) atoms. The van der Waals surface area contributed by atoms with Gasteiger partial charge in [0.2, 0.25) is 5.09 Å². The summed E-state index contributed by atoms with van der Waals surface area (Å²) in [5, 5.41) is -0.0477. The molecule has 1 unspecified atom stereocenters. The van der Waals surface area contributed by atoms with Gasteiger partial charge in [-0.05, 0) is 30.7 Å². The second-order valence-electron chi connectivity index (χ2n) is 3.96. The number of thioether (sulfide) groups is 1. The predicted octanol–water partition coefficient (Wildman–Crippen LogP) is 0.912. The topological polar surface area (TPSA) is 85.3 Å². The summed E-state index contributed by atoms with van der Waals surface area (Å²) in [6.45, 7) is 0.203. The van der Waals surface area contributed by atoms with Gasteiger partial charge in [0, 0.05) is 11.8 Å². The standard InChI is InChI=1S/C10H16N2O3S2/c11-6-9-3-4-10(15-9)17(13,14)12-8-2-1-5-16-7-8/h3-4,8,12H,1-2,5-7,11H2. The fourth-order valence-electron chi connectivity index (χ4n) is 1.72. The maximum atomic E-state index is 12.0. The van der Waals surface area contributed by atoms with Crippen molar-refractivity contribution in [3.05, 3.63) is 17.9 Å². The average molecular weight is 276 g/mol. The molecule has 0 radical (unpaired) electrons. The molecule has 5 nitrogen and oxygen atoms in total. The molecule has 1 saturated heterocycles. The monoisotopic (exact) mass is 276 g/mol. The molecular formula is C10H16N2O3S2. The fraction of sp³-hybridized carbons (Fsp3) is 0.600. The van der Waals surface area contributed by atoms with Gasteiger partial charge in [0.25, 0.3) is 10.0 Å². The molecule has 3 N–H and O–H groups in total. The Morgan fingerprint density at radius 2 is 2.35 bits per heavy atom. The molecule has 0 aliphatic carbocycles. The molecule has 0 aromatic carbocycles. The van der Waals surface area contributed by atoms with E-state index >= 15 is 0 Å². The SMILES string of the molecule is NCc1ccc(S(=O)(=O)NC2CCCSC2)o1. The van der Waals surface area contributed by atoms with Gasteiger partial charge in [0.1, 0.15) is 5.76 Å². The van der Waals surface area contributed by atoms with E-state index in [1.807, 2.05) is 0 Å². The molecular weight excluding hydrogens is 260 g/mol. The van der Waals surface area contributed by atoms with E-state index in [0.717, 1.165) is 24.3 Å². The largest absolute Gasteiger partial charge is 0.447 e. The van der Waals surface area contributed by atoms with E-state index in [1.54, 1.807) is 17.8 Å². The van der Waals surface area contributed by atoms with E-state index in [4.69, 9.17) is 10.2 Å². The Bertz CT molecular complexity index is 464. The van der Waals surface area contributed by atoms with Crippen LogP contribution < -0.4 is 10.5 Å². The quantitative estimate of drug-likeness (QED) is 0.854. The van der Waals surface area contributed by atoms with E-state index < -0.39 is 10.0 Å². The van der Waals surface area contributed by atoms with Crippen LogP contribution in [0.1, 0.15) is 18.6 Å². The summed E-state index contributed by atoms with van der Waals surface area (Å²) in [4.78, 5) is 0. The summed E-state index contributed by atoms with van der Waals surface area (Å²) in [7, 11) is -3.53. The molecule has 1 aliphatic heterocycles. The van der Waals surface area contributed by atoms with E-state index in [2.05, 4.69) is 4.72 Å². The molecule has 1 atom stereocenters. The van der Waals surface area contributed by atoms with E-state index in [0.29, 0.717) is 5.76 Å². The summed E-state index contributed by atoms with van der Waals surface area (Å²) in [6.07, 6.45) is 1.93. The minimum atomic E-state index is -3.53. The van der Waals surface area contributed by atoms with Crippen molar-refractivity contribution in [3.63, 3.8) is 0 Å². The van der Waals surface area contributed by atoms with Gasteiger partial charge in [0.15, 0.2) is 0 Å². The van der Waals surface area contributed by atoms with Crippen LogP contribution in [0.3, 0.4) is 0 Å². The highest BCUT2D eigenvalue weighted by molar-refractivity contribution is 7.99. The van der Waals surface area contributed by atoms with Crippen molar-refractivity contribution < 1.29 is 12.8 Å². The number of nitrogens with two attached hydrogens (primary N) is 1.